The van der Waals surface area contributed by atoms with Crippen molar-refractivity contribution in [2.24, 2.45) is 5.92 Å². The van der Waals surface area contributed by atoms with E-state index in [0.29, 0.717) is 13.0 Å². The van der Waals surface area contributed by atoms with E-state index in [9.17, 15) is 5.11 Å². The molecule has 0 aliphatic carbocycles. The van der Waals surface area contributed by atoms with Crippen LogP contribution in [-0.4, -0.2) is 30.5 Å². The molecule has 3 atom stereocenters. The summed E-state index contributed by atoms with van der Waals surface area (Å²) in [6, 6.07) is 4.17. The minimum absolute atomic E-state index is 0.242. The number of rotatable bonds is 3. The number of hydrogen-bond acceptors (Lipinski definition) is 3. The molecule has 0 radical (unpaired) electrons. The lowest BCUT2D eigenvalue weighted by Crippen LogP contribution is -2.23. The topological polar surface area (TPSA) is 38.7 Å². The minimum Gasteiger partial charge on any atom is -0.493 e. The van der Waals surface area contributed by atoms with E-state index in [1.807, 2.05) is 0 Å². The van der Waals surface area contributed by atoms with E-state index in [2.05, 4.69) is 35.0 Å². The predicted molar refractivity (Wildman–Crippen MR) is 76.6 cm³/mol. The van der Waals surface area contributed by atoms with Crippen LogP contribution in [0.3, 0.4) is 0 Å². The second kappa shape index (κ2) is 5.43. The number of aliphatic hydroxyl groups excluding tert-OH is 1. The van der Waals surface area contributed by atoms with Crippen molar-refractivity contribution in [1.29, 1.82) is 0 Å². The summed E-state index contributed by atoms with van der Waals surface area (Å²) in [5.41, 5.74) is 2.35. The lowest BCUT2D eigenvalue weighted by Gasteiger charge is -2.18. The number of aliphatic hydroxyl groups is 1. The van der Waals surface area contributed by atoms with Crippen LogP contribution < -0.4 is 4.74 Å². The summed E-state index contributed by atoms with van der Waals surface area (Å²) < 4.78 is 12.3. The van der Waals surface area contributed by atoms with E-state index in [4.69, 9.17) is 9.47 Å². The Morgan fingerprint density at radius 2 is 2.32 bits per heavy atom. The van der Waals surface area contributed by atoms with E-state index >= 15 is 0 Å². The number of halogens is 1. The van der Waals surface area contributed by atoms with Crippen LogP contribution in [0.2, 0.25) is 0 Å². The largest absolute Gasteiger partial charge is 0.493 e. The molecule has 0 amide bonds. The van der Waals surface area contributed by atoms with Crippen molar-refractivity contribution in [1.82, 2.24) is 0 Å². The zero-order valence-electron chi connectivity index (χ0n) is 11.1. The highest BCUT2D eigenvalue weighted by atomic mass is 79.9. The zero-order valence-corrected chi connectivity index (χ0v) is 12.6. The van der Waals surface area contributed by atoms with Gasteiger partial charge in [-0.25, -0.2) is 0 Å². The zero-order chi connectivity index (χ0) is 13.4. The molecule has 2 aliphatic heterocycles. The standard InChI is InChI=1S/C15H19BrO3/c1-9-4-12(8-19-9)14(17)7-11-6-13(16)5-10-2-3-18-15(10)11/h5-6,9,12,14,17H,2-4,7-8H2,1H3. The average Bonchev–Trinajstić information content (AvgIpc) is 2.97. The van der Waals surface area contributed by atoms with Crippen molar-refractivity contribution >= 4 is 15.9 Å². The highest BCUT2D eigenvalue weighted by Crippen LogP contribution is 2.35. The molecule has 19 heavy (non-hydrogen) atoms. The van der Waals surface area contributed by atoms with Crippen molar-refractivity contribution in [3.63, 3.8) is 0 Å². The number of fused-ring (bicyclic) bond motifs is 1. The summed E-state index contributed by atoms with van der Waals surface area (Å²) in [5.74, 6) is 1.22. The molecule has 2 heterocycles. The molecule has 1 fully saturated rings. The van der Waals surface area contributed by atoms with Crippen LogP contribution in [0.1, 0.15) is 24.5 Å². The van der Waals surface area contributed by atoms with Crippen LogP contribution in [0.4, 0.5) is 0 Å². The molecule has 1 aromatic rings. The van der Waals surface area contributed by atoms with E-state index in [1.165, 1.54) is 5.56 Å². The van der Waals surface area contributed by atoms with Gasteiger partial charge < -0.3 is 14.6 Å². The Hall–Kier alpha value is -0.580. The summed E-state index contributed by atoms with van der Waals surface area (Å²) in [6.07, 6.45) is 2.46. The second-order valence-electron chi connectivity index (χ2n) is 5.56. The van der Waals surface area contributed by atoms with Gasteiger partial charge in [0.1, 0.15) is 5.75 Å². The van der Waals surface area contributed by atoms with Gasteiger partial charge in [-0.1, -0.05) is 15.9 Å². The Bertz CT molecular complexity index is 475. The first kappa shape index (κ1) is 13.4. The maximum Gasteiger partial charge on any atom is 0.125 e. The summed E-state index contributed by atoms with van der Waals surface area (Å²) in [6.45, 7) is 3.48. The lowest BCUT2D eigenvalue weighted by atomic mass is 9.93. The van der Waals surface area contributed by atoms with Gasteiger partial charge in [0.25, 0.3) is 0 Å². The molecule has 1 N–H and O–H groups in total. The van der Waals surface area contributed by atoms with Crippen LogP contribution in [0.5, 0.6) is 5.75 Å². The van der Waals surface area contributed by atoms with Gasteiger partial charge in [0.2, 0.25) is 0 Å². The monoisotopic (exact) mass is 326 g/mol. The van der Waals surface area contributed by atoms with Crippen LogP contribution in [-0.2, 0) is 17.6 Å². The van der Waals surface area contributed by atoms with E-state index in [1.54, 1.807) is 0 Å². The maximum atomic E-state index is 10.4. The van der Waals surface area contributed by atoms with E-state index in [-0.39, 0.29) is 18.1 Å². The first-order chi connectivity index (χ1) is 9.13. The molecule has 0 bridgehead atoms. The van der Waals surface area contributed by atoms with Crippen molar-refractivity contribution in [2.75, 3.05) is 13.2 Å². The minimum atomic E-state index is -0.354. The van der Waals surface area contributed by atoms with Gasteiger partial charge in [-0.05, 0) is 36.6 Å². The maximum absolute atomic E-state index is 10.4. The molecular formula is C15H19BrO3. The first-order valence-corrected chi connectivity index (χ1v) is 7.66. The Kier molecular flexibility index (Phi) is 3.83. The molecule has 0 saturated carbocycles. The Labute approximate surface area is 122 Å². The average molecular weight is 327 g/mol. The van der Waals surface area contributed by atoms with Gasteiger partial charge in [-0.3, -0.25) is 0 Å². The summed E-state index contributed by atoms with van der Waals surface area (Å²) in [7, 11) is 0. The molecule has 3 nitrogen and oxygen atoms in total. The fourth-order valence-electron chi connectivity index (χ4n) is 3.01. The fourth-order valence-corrected chi connectivity index (χ4v) is 3.56. The van der Waals surface area contributed by atoms with Crippen molar-refractivity contribution in [2.45, 2.75) is 38.4 Å². The number of hydrogen-bond donors (Lipinski definition) is 1. The summed E-state index contributed by atoms with van der Waals surface area (Å²) >= 11 is 3.54. The molecule has 2 aliphatic rings. The van der Waals surface area contributed by atoms with Crippen LogP contribution in [0, 0.1) is 5.92 Å². The Morgan fingerprint density at radius 3 is 3.05 bits per heavy atom. The van der Waals surface area contributed by atoms with Gasteiger partial charge in [0.05, 0.1) is 25.4 Å². The Morgan fingerprint density at radius 1 is 1.47 bits per heavy atom. The Balaban J connectivity index is 1.76. The normalized spacial score (nSPS) is 27.1. The van der Waals surface area contributed by atoms with Crippen molar-refractivity contribution in [3.05, 3.63) is 27.7 Å². The SMILES string of the molecule is CC1CC(C(O)Cc2cc(Br)cc3c2OCC3)CO1. The quantitative estimate of drug-likeness (QED) is 0.928. The van der Waals surface area contributed by atoms with Crippen LogP contribution in [0.25, 0.3) is 0 Å². The fraction of sp³-hybridized carbons (Fsp3) is 0.600. The van der Waals surface area contributed by atoms with Crippen LogP contribution in [0.15, 0.2) is 16.6 Å². The van der Waals surface area contributed by atoms with Gasteiger partial charge in [0.15, 0.2) is 0 Å². The first-order valence-electron chi connectivity index (χ1n) is 6.87. The second-order valence-corrected chi connectivity index (χ2v) is 6.48. The molecule has 0 aromatic heterocycles. The van der Waals surface area contributed by atoms with Gasteiger partial charge in [-0.15, -0.1) is 0 Å². The summed E-state index contributed by atoms with van der Waals surface area (Å²) in [4.78, 5) is 0. The molecule has 3 unspecified atom stereocenters. The van der Waals surface area contributed by atoms with Gasteiger partial charge in [0, 0.05) is 23.2 Å². The third-order valence-electron chi connectivity index (χ3n) is 4.03. The molecule has 3 rings (SSSR count). The third-order valence-corrected chi connectivity index (χ3v) is 4.49. The number of benzene rings is 1. The third kappa shape index (κ3) is 2.81. The summed E-state index contributed by atoms with van der Waals surface area (Å²) in [5, 5.41) is 10.4. The molecule has 4 heteroatoms. The van der Waals surface area contributed by atoms with Crippen molar-refractivity contribution in [3.8, 4) is 5.75 Å². The molecule has 0 spiro atoms. The molecule has 104 valence electrons. The van der Waals surface area contributed by atoms with Crippen molar-refractivity contribution < 1.29 is 14.6 Å². The smallest absolute Gasteiger partial charge is 0.125 e. The molecular weight excluding hydrogens is 308 g/mol. The van der Waals surface area contributed by atoms with E-state index < -0.39 is 0 Å². The molecule has 1 aromatic carbocycles. The number of ether oxygens (including phenoxy) is 2. The molecule has 1 saturated heterocycles. The highest BCUT2D eigenvalue weighted by molar-refractivity contribution is 9.10. The van der Waals surface area contributed by atoms with Gasteiger partial charge >= 0.3 is 0 Å². The lowest BCUT2D eigenvalue weighted by molar-refractivity contribution is 0.0803. The predicted octanol–water partition coefficient (Wildman–Crippen LogP) is 2.71. The van der Waals surface area contributed by atoms with Crippen LogP contribution >= 0.6 is 15.9 Å². The van der Waals surface area contributed by atoms with Gasteiger partial charge in [-0.2, -0.15) is 0 Å². The highest BCUT2D eigenvalue weighted by Gasteiger charge is 2.29. The van der Waals surface area contributed by atoms with E-state index in [0.717, 1.165) is 35.2 Å².